The van der Waals surface area contributed by atoms with Crippen LogP contribution >= 0.6 is 0 Å². The van der Waals surface area contributed by atoms with Crippen LogP contribution in [-0.2, 0) is 0 Å². The second-order valence-corrected chi connectivity index (χ2v) is 5.09. The first-order valence-electron chi connectivity index (χ1n) is 6.87. The number of rotatable bonds is 1. The van der Waals surface area contributed by atoms with Crippen LogP contribution in [0.2, 0.25) is 0 Å². The quantitative estimate of drug-likeness (QED) is 0.814. The summed E-state index contributed by atoms with van der Waals surface area (Å²) in [5.74, 6) is 0.700. The molecule has 1 amide bonds. The van der Waals surface area contributed by atoms with Gasteiger partial charge in [-0.05, 0) is 30.3 Å². The van der Waals surface area contributed by atoms with Gasteiger partial charge in [-0.1, -0.05) is 18.2 Å². The molecule has 21 heavy (non-hydrogen) atoms. The summed E-state index contributed by atoms with van der Waals surface area (Å²) in [6.45, 7) is 1.26. The molecule has 0 spiro atoms. The Hall–Kier alpha value is -2.82. The van der Waals surface area contributed by atoms with E-state index >= 15 is 0 Å². The fourth-order valence-corrected chi connectivity index (χ4v) is 2.84. The lowest BCUT2D eigenvalue weighted by molar-refractivity contribution is 0.0853. The predicted molar refractivity (Wildman–Crippen MR) is 82.8 cm³/mol. The minimum Gasteiger partial charge on any atom is -0.399 e. The van der Waals surface area contributed by atoms with E-state index in [0.29, 0.717) is 30.3 Å². The molecule has 0 radical (unpaired) electrons. The molecular formula is C16H14N4O. The Kier molecular flexibility index (Phi) is 2.47. The monoisotopic (exact) mass is 278 g/mol. The summed E-state index contributed by atoms with van der Waals surface area (Å²) in [5, 5.41) is 0. The summed E-state index contributed by atoms with van der Waals surface area (Å²) in [6.07, 6.45) is 0. The first kappa shape index (κ1) is 12.0. The number of hydrogen-bond donors (Lipinski definition) is 1. The van der Waals surface area contributed by atoms with E-state index in [2.05, 4.69) is 4.99 Å². The lowest BCUT2D eigenvalue weighted by Crippen LogP contribution is -2.47. The molecule has 2 aromatic carbocycles. The molecule has 0 bridgehead atoms. The third kappa shape index (κ3) is 1.71. The van der Waals surface area contributed by atoms with Crippen molar-refractivity contribution in [3.8, 4) is 0 Å². The molecule has 2 aromatic rings. The van der Waals surface area contributed by atoms with Crippen LogP contribution in [-0.4, -0.2) is 29.9 Å². The summed E-state index contributed by atoms with van der Waals surface area (Å²) < 4.78 is 0. The highest BCUT2D eigenvalue weighted by atomic mass is 16.2. The molecule has 0 saturated carbocycles. The Morgan fingerprint density at radius 3 is 2.81 bits per heavy atom. The summed E-state index contributed by atoms with van der Waals surface area (Å²) in [5.41, 5.74) is 9.05. The number of hydrogen-bond acceptors (Lipinski definition) is 4. The predicted octanol–water partition coefficient (Wildman–Crippen LogP) is 2.23. The van der Waals surface area contributed by atoms with Crippen LogP contribution in [0.3, 0.4) is 0 Å². The molecule has 5 heteroatoms. The molecule has 2 heterocycles. The Balaban J connectivity index is 1.95. The van der Waals surface area contributed by atoms with Gasteiger partial charge in [0.05, 0.1) is 23.5 Å². The highest BCUT2D eigenvalue weighted by molar-refractivity contribution is 6.21. The first-order valence-corrected chi connectivity index (χ1v) is 6.87. The number of amides is 1. The third-order valence-corrected chi connectivity index (χ3v) is 3.77. The smallest absolute Gasteiger partial charge is 0.262 e. The van der Waals surface area contributed by atoms with Crippen molar-refractivity contribution in [2.45, 2.75) is 0 Å². The molecule has 0 saturated heterocycles. The van der Waals surface area contributed by atoms with E-state index < -0.39 is 0 Å². The van der Waals surface area contributed by atoms with Gasteiger partial charge in [0.1, 0.15) is 0 Å². The number of guanidine groups is 1. The number of anilines is 3. The zero-order valence-electron chi connectivity index (χ0n) is 11.4. The fraction of sp³-hybridized carbons (Fsp3) is 0.125. The van der Waals surface area contributed by atoms with E-state index in [1.807, 2.05) is 53.4 Å². The zero-order chi connectivity index (χ0) is 14.4. The standard InChI is InChI=1S/C16H14N4O/c17-11-4-3-5-12(10-11)20-14-7-2-1-6-13(14)15(21)19-9-8-18-16(19)20/h1-7,10H,8-9,17H2. The summed E-state index contributed by atoms with van der Waals surface area (Å²) in [6, 6.07) is 15.2. The maximum absolute atomic E-state index is 12.5. The molecule has 4 rings (SSSR count). The SMILES string of the molecule is Nc1cccc(N2C3=NCCN3C(=O)c3ccccc32)c1. The molecular weight excluding hydrogens is 264 g/mol. The molecule has 0 aliphatic carbocycles. The summed E-state index contributed by atoms with van der Waals surface area (Å²) >= 11 is 0. The van der Waals surface area contributed by atoms with Crippen LogP contribution in [0.1, 0.15) is 10.4 Å². The average Bonchev–Trinajstić information content (AvgIpc) is 2.97. The average molecular weight is 278 g/mol. The first-order chi connectivity index (χ1) is 10.3. The maximum Gasteiger partial charge on any atom is 0.262 e. The van der Waals surface area contributed by atoms with Crippen LogP contribution in [0, 0.1) is 0 Å². The van der Waals surface area contributed by atoms with Gasteiger partial charge in [0.25, 0.3) is 5.91 Å². The third-order valence-electron chi connectivity index (χ3n) is 3.77. The van der Waals surface area contributed by atoms with Gasteiger partial charge in [0, 0.05) is 12.2 Å². The Labute approximate surface area is 122 Å². The van der Waals surface area contributed by atoms with Crippen molar-refractivity contribution < 1.29 is 4.79 Å². The molecule has 0 aromatic heterocycles. The molecule has 0 atom stereocenters. The van der Waals surface area contributed by atoms with Crippen LogP contribution in [0.15, 0.2) is 53.5 Å². The van der Waals surface area contributed by atoms with Gasteiger partial charge in [0.2, 0.25) is 5.96 Å². The van der Waals surface area contributed by atoms with Crippen LogP contribution < -0.4 is 10.6 Å². The van der Waals surface area contributed by atoms with Crippen molar-refractivity contribution in [3.05, 3.63) is 54.1 Å². The van der Waals surface area contributed by atoms with Crippen molar-refractivity contribution in [2.75, 3.05) is 23.7 Å². The van der Waals surface area contributed by atoms with Crippen LogP contribution in [0.5, 0.6) is 0 Å². The van der Waals surface area contributed by atoms with Gasteiger partial charge >= 0.3 is 0 Å². The van der Waals surface area contributed by atoms with Crippen molar-refractivity contribution in [3.63, 3.8) is 0 Å². The van der Waals surface area contributed by atoms with Crippen molar-refractivity contribution in [1.29, 1.82) is 0 Å². The van der Waals surface area contributed by atoms with E-state index in [4.69, 9.17) is 5.73 Å². The second kappa shape index (κ2) is 4.34. The Morgan fingerprint density at radius 2 is 1.95 bits per heavy atom. The second-order valence-electron chi connectivity index (χ2n) is 5.09. The van der Waals surface area contributed by atoms with E-state index in [0.717, 1.165) is 11.4 Å². The number of nitrogens with two attached hydrogens (primary N) is 1. The normalized spacial score (nSPS) is 16.6. The van der Waals surface area contributed by atoms with Gasteiger partial charge in [0.15, 0.2) is 0 Å². The van der Waals surface area contributed by atoms with E-state index in [1.54, 1.807) is 4.90 Å². The van der Waals surface area contributed by atoms with Gasteiger partial charge < -0.3 is 5.73 Å². The van der Waals surface area contributed by atoms with Crippen molar-refractivity contribution >= 4 is 28.9 Å². The van der Waals surface area contributed by atoms with E-state index in [-0.39, 0.29) is 5.91 Å². The Morgan fingerprint density at radius 1 is 1.10 bits per heavy atom. The fourth-order valence-electron chi connectivity index (χ4n) is 2.84. The molecule has 2 aliphatic heterocycles. The Bertz CT molecular complexity index is 768. The lowest BCUT2D eigenvalue weighted by atomic mass is 10.1. The van der Waals surface area contributed by atoms with Gasteiger partial charge in [-0.2, -0.15) is 0 Å². The molecule has 5 nitrogen and oxygen atoms in total. The number of para-hydroxylation sites is 1. The minimum absolute atomic E-state index is 0.0157. The number of carbonyl (C=O) groups excluding carboxylic acids is 1. The van der Waals surface area contributed by atoms with Gasteiger partial charge in [-0.25, -0.2) is 0 Å². The maximum atomic E-state index is 12.5. The molecule has 2 aliphatic rings. The van der Waals surface area contributed by atoms with E-state index in [9.17, 15) is 4.79 Å². The minimum atomic E-state index is 0.0157. The zero-order valence-corrected chi connectivity index (χ0v) is 11.4. The molecule has 0 unspecified atom stereocenters. The highest BCUT2D eigenvalue weighted by Crippen LogP contribution is 2.36. The number of fused-ring (bicyclic) bond motifs is 2. The molecule has 2 N–H and O–H groups in total. The van der Waals surface area contributed by atoms with Crippen molar-refractivity contribution in [2.24, 2.45) is 4.99 Å². The highest BCUT2D eigenvalue weighted by Gasteiger charge is 2.37. The number of aliphatic imine (C=N–C) groups is 1. The van der Waals surface area contributed by atoms with Gasteiger partial charge in [-0.15, -0.1) is 0 Å². The number of nitrogens with zero attached hydrogens (tertiary/aromatic N) is 3. The summed E-state index contributed by atoms with van der Waals surface area (Å²) in [7, 11) is 0. The lowest BCUT2D eigenvalue weighted by Gasteiger charge is -2.36. The topological polar surface area (TPSA) is 61.9 Å². The van der Waals surface area contributed by atoms with Crippen molar-refractivity contribution in [1.82, 2.24) is 4.90 Å². The van der Waals surface area contributed by atoms with Crippen LogP contribution in [0.4, 0.5) is 17.1 Å². The molecule has 0 fully saturated rings. The van der Waals surface area contributed by atoms with E-state index in [1.165, 1.54) is 0 Å². The number of carbonyl (C=O) groups is 1. The number of nitrogen functional groups attached to an aromatic ring is 1. The number of benzene rings is 2. The van der Waals surface area contributed by atoms with Crippen LogP contribution in [0.25, 0.3) is 0 Å². The summed E-state index contributed by atoms with van der Waals surface area (Å²) in [4.78, 5) is 20.8. The largest absolute Gasteiger partial charge is 0.399 e. The van der Waals surface area contributed by atoms with Gasteiger partial charge in [-0.3, -0.25) is 19.6 Å². The molecule has 104 valence electrons.